The third kappa shape index (κ3) is 4.68. The molecule has 0 bridgehead atoms. The van der Waals surface area contributed by atoms with Gasteiger partial charge in [0, 0.05) is 5.41 Å². The van der Waals surface area contributed by atoms with Gasteiger partial charge >= 0.3 is 5.97 Å². The van der Waals surface area contributed by atoms with Crippen LogP contribution in [0.25, 0.3) is 0 Å². The molecule has 0 spiro atoms. The van der Waals surface area contributed by atoms with Crippen molar-refractivity contribution >= 4 is 23.4 Å². The molecule has 0 aliphatic heterocycles. The molecule has 1 amide bonds. The monoisotopic (exact) mass is 550 g/mol. The molecule has 4 aliphatic carbocycles. The Bertz CT molecular complexity index is 1230. The van der Waals surface area contributed by atoms with Crippen molar-refractivity contribution in [3.8, 4) is 0 Å². The first-order chi connectivity index (χ1) is 19.0. The number of benzene rings is 1. The van der Waals surface area contributed by atoms with Gasteiger partial charge in [0.2, 0.25) is 0 Å². The van der Waals surface area contributed by atoms with E-state index in [4.69, 9.17) is 9.57 Å². The molecule has 1 aromatic rings. The second-order valence-corrected chi connectivity index (χ2v) is 12.7. The minimum atomic E-state index is -1.19. The van der Waals surface area contributed by atoms with Crippen molar-refractivity contribution in [2.24, 2.45) is 33.7 Å². The topological polar surface area (TPSA) is 114 Å². The van der Waals surface area contributed by atoms with E-state index in [1.165, 1.54) is 12.7 Å². The summed E-state index contributed by atoms with van der Waals surface area (Å²) in [6.45, 7) is 5.79. The lowest BCUT2D eigenvalue weighted by Gasteiger charge is -2.59. The second-order valence-electron chi connectivity index (χ2n) is 12.7. The lowest BCUT2D eigenvalue weighted by molar-refractivity contribution is -0.159. The van der Waals surface area contributed by atoms with Crippen LogP contribution >= 0.6 is 0 Å². The number of nitrogens with zero attached hydrogens (tertiary/aromatic N) is 1. The molecule has 7 atom stereocenters. The van der Waals surface area contributed by atoms with Gasteiger partial charge in [0.05, 0.1) is 12.8 Å². The normalized spacial score (nSPS) is 36.4. The van der Waals surface area contributed by atoms with Crippen molar-refractivity contribution in [3.63, 3.8) is 0 Å². The molecule has 0 saturated heterocycles. The summed E-state index contributed by atoms with van der Waals surface area (Å²) in [5.74, 6) is 0.336. The van der Waals surface area contributed by atoms with Crippen LogP contribution in [0.15, 0.2) is 47.1 Å². The number of aliphatic hydroxyl groups is 1. The average Bonchev–Trinajstić information content (AvgIpc) is 3.23. The Morgan fingerprint density at radius 3 is 2.48 bits per heavy atom. The molecule has 3 saturated carbocycles. The van der Waals surface area contributed by atoms with Gasteiger partial charge in [0.25, 0.3) is 5.91 Å². The lowest BCUT2D eigenvalue weighted by Crippen LogP contribution is -2.57. The van der Waals surface area contributed by atoms with E-state index in [0.717, 1.165) is 50.7 Å². The number of rotatable bonds is 7. The minimum absolute atomic E-state index is 0.0704. The summed E-state index contributed by atoms with van der Waals surface area (Å²) in [4.78, 5) is 42.7. The zero-order chi connectivity index (χ0) is 28.7. The number of ether oxygens (including phenoxy) is 1. The highest BCUT2D eigenvalue weighted by Crippen LogP contribution is 2.67. The predicted octanol–water partition coefficient (Wildman–Crippen LogP) is 4.67. The fourth-order valence-corrected chi connectivity index (χ4v) is 8.66. The molecule has 2 N–H and O–H groups in total. The van der Waals surface area contributed by atoms with E-state index >= 15 is 0 Å². The summed E-state index contributed by atoms with van der Waals surface area (Å²) in [5, 5.41) is 18.3. The first-order valence-electron chi connectivity index (χ1n) is 14.6. The maximum Gasteiger partial charge on any atom is 0.333 e. The zero-order valence-corrected chi connectivity index (χ0v) is 24.1. The Labute approximate surface area is 236 Å². The molecule has 3 fully saturated rings. The molecule has 0 aromatic heterocycles. The summed E-state index contributed by atoms with van der Waals surface area (Å²) < 4.78 is 4.86. The summed E-state index contributed by atoms with van der Waals surface area (Å²) in [6.07, 6.45) is 9.33. The summed E-state index contributed by atoms with van der Waals surface area (Å²) in [5.41, 5.74) is 1.41. The van der Waals surface area contributed by atoms with Gasteiger partial charge in [-0.2, -0.15) is 0 Å². The highest BCUT2D eigenvalue weighted by atomic mass is 16.6. The number of ketones is 1. The fraction of sp³-hybridized carbons (Fsp3) is 0.625. The van der Waals surface area contributed by atoms with Gasteiger partial charge in [0.15, 0.2) is 18.4 Å². The zero-order valence-electron chi connectivity index (χ0n) is 24.1. The summed E-state index contributed by atoms with van der Waals surface area (Å²) in [6, 6.07) is 8.03. The van der Waals surface area contributed by atoms with Gasteiger partial charge in [0.1, 0.15) is 5.60 Å². The van der Waals surface area contributed by atoms with E-state index < -0.39 is 23.5 Å². The van der Waals surface area contributed by atoms with Crippen LogP contribution in [0.3, 0.4) is 0 Å². The van der Waals surface area contributed by atoms with E-state index in [1.807, 2.05) is 6.07 Å². The van der Waals surface area contributed by atoms with Crippen LogP contribution < -0.4 is 5.32 Å². The molecule has 5 rings (SSSR count). The number of allylic oxidation sites excluding steroid dienone is 2. The van der Waals surface area contributed by atoms with E-state index in [0.29, 0.717) is 29.7 Å². The maximum atomic E-state index is 12.6. The summed E-state index contributed by atoms with van der Waals surface area (Å²) in [7, 11) is 1.29. The molecule has 1 aromatic carbocycles. The van der Waals surface area contributed by atoms with Crippen molar-refractivity contribution in [1.82, 2.24) is 5.32 Å². The number of hydrogen-bond acceptors (Lipinski definition) is 7. The van der Waals surface area contributed by atoms with Gasteiger partial charge in [-0.25, -0.2) is 4.79 Å². The lowest BCUT2D eigenvalue weighted by atomic mass is 9.46. The Morgan fingerprint density at radius 2 is 1.77 bits per heavy atom. The van der Waals surface area contributed by atoms with Gasteiger partial charge in [-0.1, -0.05) is 54.9 Å². The molecule has 40 heavy (non-hydrogen) atoms. The van der Waals surface area contributed by atoms with Crippen LogP contribution in [0.2, 0.25) is 0 Å². The van der Waals surface area contributed by atoms with Crippen molar-refractivity contribution < 1.29 is 29.1 Å². The molecule has 4 aliphatic rings. The molecular weight excluding hydrogens is 508 g/mol. The highest BCUT2D eigenvalue weighted by molar-refractivity contribution is 5.96. The number of carbonyl (C=O) groups is 3. The van der Waals surface area contributed by atoms with E-state index in [-0.39, 0.29) is 23.2 Å². The predicted molar refractivity (Wildman–Crippen MR) is 150 cm³/mol. The first-order valence-corrected chi connectivity index (χ1v) is 14.6. The molecule has 216 valence electrons. The average molecular weight is 551 g/mol. The van der Waals surface area contributed by atoms with Crippen LogP contribution in [-0.4, -0.2) is 47.8 Å². The standard InChI is InChI=1S/C32H42N2O6/c1-20(35)32(38)17-14-26-24-11-10-22-18-23(12-15-30(22,2)25(24)13-16-31(26,32)3)34-40-19-27(36)33-28(29(37)39-4)21-8-6-5-7-9-21/h5-9,18,24-26,28,38H,10-17,19H2,1-4H3,(H,33,36)/b34-23-/t24-,25+,26+,28?,30+,31+,32+/m1/s1. The number of amides is 1. The maximum absolute atomic E-state index is 12.6. The molecule has 0 heterocycles. The molecule has 8 nitrogen and oxygen atoms in total. The SMILES string of the molecule is COC(=O)C(NC(=O)CO/N=C1\C=C2CC[C@@H]3[C@H](CC[C@@]4(C)[C@H]3CC[C@]4(O)C(C)=O)[C@@]2(C)CC1)c1ccccc1. The number of hydrogen-bond donors (Lipinski definition) is 2. The molecule has 1 unspecified atom stereocenters. The van der Waals surface area contributed by atoms with Crippen LogP contribution in [0, 0.1) is 28.6 Å². The summed E-state index contributed by atoms with van der Waals surface area (Å²) >= 11 is 0. The Balaban J connectivity index is 1.23. The number of fused-ring (bicyclic) bond motifs is 5. The van der Waals surface area contributed by atoms with E-state index in [1.54, 1.807) is 31.2 Å². The van der Waals surface area contributed by atoms with Gasteiger partial charge in [-0.3, -0.25) is 9.59 Å². The number of nitrogens with one attached hydrogen (secondary N) is 1. The molecular formula is C32H42N2O6. The largest absolute Gasteiger partial charge is 0.467 e. The van der Waals surface area contributed by atoms with Gasteiger partial charge in [-0.15, -0.1) is 0 Å². The van der Waals surface area contributed by atoms with Gasteiger partial charge in [-0.05, 0) is 93.1 Å². The number of oxime groups is 1. The second kappa shape index (κ2) is 10.8. The smallest absolute Gasteiger partial charge is 0.333 e. The quantitative estimate of drug-likeness (QED) is 0.377. The van der Waals surface area contributed by atoms with E-state index in [9.17, 15) is 19.5 Å². The van der Waals surface area contributed by atoms with Crippen LogP contribution in [0.1, 0.15) is 83.7 Å². The van der Waals surface area contributed by atoms with Crippen molar-refractivity contribution in [3.05, 3.63) is 47.5 Å². The Hall–Kier alpha value is -3.00. The van der Waals surface area contributed by atoms with Gasteiger partial charge < -0.3 is 20.0 Å². The number of esters is 1. The Kier molecular flexibility index (Phi) is 7.68. The Morgan fingerprint density at radius 1 is 1.05 bits per heavy atom. The van der Waals surface area contributed by atoms with Crippen molar-refractivity contribution in [2.45, 2.75) is 83.8 Å². The first kappa shape index (κ1) is 28.5. The van der Waals surface area contributed by atoms with Crippen molar-refractivity contribution in [2.75, 3.05) is 13.7 Å². The minimum Gasteiger partial charge on any atom is -0.467 e. The van der Waals surface area contributed by atoms with Crippen LogP contribution in [-0.2, 0) is 24.0 Å². The van der Waals surface area contributed by atoms with Crippen LogP contribution in [0.5, 0.6) is 0 Å². The number of Topliss-reactive ketones (excluding diaryl/α,β-unsaturated/α-hetero) is 1. The fourth-order valence-electron chi connectivity index (χ4n) is 8.66. The molecule has 0 radical (unpaired) electrons. The van der Waals surface area contributed by atoms with E-state index in [2.05, 4.69) is 30.4 Å². The third-order valence-corrected chi connectivity index (χ3v) is 11.0. The van der Waals surface area contributed by atoms with Crippen molar-refractivity contribution in [1.29, 1.82) is 0 Å². The number of carbonyl (C=O) groups excluding carboxylic acids is 3. The molecule has 8 heteroatoms. The highest BCUT2D eigenvalue weighted by Gasteiger charge is 2.65. The third-order valence-electron chi connectivity index (χ3n) is 11.0. The van der Waals surface area contributed by atoms with Crippen LogP contribution in [0.4, 0.5) is 0 Å². The number of methoxy groups -OCH3 is 1.